The van der Waals surface area contributed by atoms with Gasteiger partial charge in [0, 0.05) is 19.4 Å². The van der Waals surface area contributed by atoms with Gasteiger partial charge in [0.05, 0.1) is 0 Å². The zero-order valence-electron chi connectivity index (χ0n) is 12.3. The van der Waals surface area contributed by atoms with Gasteiger partial charge in [-0.3, -0.25) is 9.59 Å². The summed E-state index contributed by atoms with van der Waals surface area (Å²) in [5.41, 5.74) is 1.34. The van der Waals surface area contributed by atoms with E-state index < -0.39 is 5.97 Å². The van der Waals surface area contributed by atoms with E-state index in [2.05, 4.69) is 17.4 Å². The number of unbranched alkanes of at least 4 members (excludes halogenated alkanes) is 2. The van der Waals surface area contributed by atoms with Crippen molar-refractivity contribution < 1.29 is 14.7 Å². The summed E-state index contributed by atoms with van der Waals surface area (Å²) in [6.07, 6.45) is 4.32. The molecule has 4 heteroatoms. The minimum absolute atomic E-state index is 0.122. The fraction of sp³-hybridized carbons (Fsp3) is 0.529. The molecular formula is C17H23NO3. The lowest BCUT2D eigenvalue weighted by molar-refractivity contribution is -0.137. The first-order valence-electron chi connectivity index (χ1n) is 7.70. The second-order valence-electron chi connectivity index (χ2n) is 5.77. The van der Waals surface area contributed by atoms with E-state index in [0.717, 1.165) is 19.3 Å². The van der Waals surface area contributed by atoms with E-state index >= 15 is 0 Å². The molecule has 0 radical (unpaired) electrons. The average Bonchev–Trinajstić information content (AvgIpc) is 3.22. The van der Waals surface area contributed by atoms with Crippen LogP contribution in [0.4, 0.5) is 0 Å². The van der Waals surface area contributed by atoms with E-state index in [0.29, 0.717) is 31.2 Å². The van der Waals surface area contributed by atoms with Gasteiger partial charge in [0.2, 0.25) is 5.91 Å². The minimum atomic E-state index is -0.750. The lowest BCUT2D eigenvalue weighted by atomic mass is 10.1. The number of nitrogens with one attached hydrogen (secondary N) is 1. The van der Waals surface area contributed by atoms with Crippen molar-refractivity contribution in [3.8, 4) is 0 Å². The lowest BCUT2D eigenvalue weighted by Crippen LogP contribution is -2.24. The van der Waals surface area contributed by atoms with Crippen molar-refractivity contribution in [1.82, 2.24) is 5.32 Å². The number of rotatable bonds is 9. The van der Waals surface area contributed by atoms with Crippen molar-refractivity contribution >= 4 is 11.9 Å². The predicted octanol–water partition coefficient (Wildman–Crippen LogP) is 2.94. The molecule has 4 nitrogen and oxygen atoms in total. The number of aliphatic carboxylic acids is 1. The van der Waals surface area contributed by atoms with Gasteiger partial charge in [0.15, 0.2) is 0 Å². The summed E-state index contributed by atoms with van der Waals surface area (Å²) in [7, 11) is 0. The number of benzene rings is 1. The first-order chi connectivity index (χ1) is 10.2. The summed E-state index contributed by atoms with van der Waals surface area (Å²) in [4.78, 5) is 22.2. The van der Waals surface area contributed by atoms with Crippen molar-refractivity contribution in [2.45, 2.75) is 44.4 Å². The Morgan fingerprint density at radius 3 is 2.62 bits per heavy atom. The van der Waals surface area contributed by atoms with Gasteiger partial charge in [-0.25, -0.2) is 0 Å². The Morgan fingerprint density at radius 1 is 1.14 bits per heavy atom. The van der Waals surface area contributed by atoms with E-state index in [1.807, 2.05) is 18.2 Å². The molecule has 2 atom stereocenters. The highest BCUT2D eigenvalue weighted by atomic mass is 16.4. The number of carboxylic acid groups (broad SMARTS) is 1. The van der Waals surface area contributed by atoms with Crippen LogP contribution in [0.3, 0.4) is 0 Å². The number of amides is 1. The van der Waals surface area contributed by atoms with Gasteiger partial charge in [-0.2, -0.15) is 0 Å². The van der Waals surface area contributed by atoms with Gasteiger partial charge >= 0.3 is 5.97 Å². The fourth-order valence-electron chi connectivity index (χ4n) is 2.70. The molecule has 0 spiro atoms. The highest BCUT2D eigenvalue weighted by Gasteiger charge is 2.39. The van der Waals surface area contributed by atoms with Gasteiger partial charge in [0.25, 0.3) is 0 Å². The molecule has 2 rings (SSSR count). The topological polar surface area (TPSA) is 66.4 Å². The maximum atomic E-state index is 11.8. The molecule has 2 N–H and O–H groups in total. The van der Waals surface area contributed by atoms with Crippen LogP contribution >= 0.6 is 0 Å². The maximum absolute atomic E-state index is 11.8. The standard InChI is InChI=1S/C17H23NO3/c19-16(18-10-6-2-5-9-17(20)21)12-14-11-15(14)13-7-3-1-4-8-13/h1,3-4,7-8,14-15H,2,5-6,9-12H2,(H,18,19)(H,20,21)/t14-,15-/m0/s1. The molecule has 0 aromatic heterocycles. The summed E-state index contributed by atoms with van der Waals surface area (Å²) in [6, 6.07) is 10.4. The molecule has 1 saturated carbocycles. The third kappa shape index (κ3) is 5.58. The molecule has 1 aromatic carbocycles. The van der Waals surface area contributed by atoms with E-state index in [1.165, 1.54) is 5.56 Å². The Bertz CT molecular complexity index is 472. The first kappa shape index (κ1) is 15.5. The third-order valence-electron chi connectivity index (χ3n) is 3.99. The summed E-state index contributed by atoms with van der Waals surface area (Å²) in [5, 5.41) is 11.4. The fourth-order valence-corrected chi connectivity index (χ4v) is 2.70. The second-order valence-corrected chi connectivity index (χ2v) is 5.77. The van der Waals surface area contributed by atoms with Crippen LogP contribution < -0.4 is 5.32 Å². The molecule has 0 unspecified atom stereocenters. The highest BCUT2D eigenvalue weighted by Crippen LogP contribution is 2.49. The van der Waals surface area contributed by atoms with E-state index in [-0.39, 0.29) is 12.3 Å². The first-order valence-corrected chi connectivity index (χ1v) is 7.70. The van der Waals surface area contributed by atoms with Crippen LogP contribution in [-0.2, 0) is 9.59 Å². The minimum Gasteiger partial charge on any atom is -0.481 e. The molecule has 0 saturated heterocycles. The molecule has 1 aliphatic rings. The van der Waals surface area contributed by atoms with Crippen LogP contribution in [-0.4, -0.2) is 23.5 Å². The molecule has 1 aromatic rings. The molecule has 0 aliphatic heterocycles. The molecule has 1 fully saturated rings. The van der Waals surface area contributed by atoms with Crippen molar-refractivity contribution in [3.05, 3.63) is 35.9 Å². The van der Waals surface area contributed by atoms with E-state index in [9.17, 15) is 9.59 Å². The number of hydrogen-bond donors (Lipinski definition) is 2. The zero-order valence-corrected chi connectivity index (χ0v) is 12.3. The maximum Gasteiger partial charge on any atom is 0.303 e. The summed E-state index contributed by atoms with van der Waals surface area (Å²) in [5.74, 6) is 0.406. The molecule has 0 bridgehead atoms. The summed E-state index contributed by atoms with van der Waals surface area (Å²) < 4.78 is 0. The second kappa shape index (κ2) is 7.81. The van der Waals surface area contributed by atoms with Gasteiger partial charge in [-0.1, -0.05) is 36.8 Å². The average molecular weight is 289 g/mol. The predicted molar refractivity (Wildman–Crippen MR) is 81.0 cm³/mol. The quantitative estimate of drug-likeness (QED) is 0.687. The Kier molecular flexibility index (Phi) is 5.78. The zero-order chi connectivity index (χ0) is 15.1. The van der Waals surface area contributed by atoms with Crippen LogP contribution in [0.25, 0.3) is 0 Å². The molecule has 0 heterocycles. The van der Waals surface area contributed by atoms with Gasteiger partial charge in [-0.05, 0) is 36.7 Å². The summed E-state index contributed by atoms with van der Waals surface area (Å²) >= 11 is 0. The molecule has 1 aliphatic carbocycles. The van der Waals surface area contributed by atoms with E-state index in [1.54, 1.807) is 0 Å². The largest absolute Gasteiger partial charge is 0.481 e. The Hall–Kier alpha value is -1.84. The molecule has 114 valence electrons. The molecule has 21 heavy (non-hydrogen) atoms. The Balaban J connectivity index is 1.54. The van der Waals surface area contributed by atoms with Crippen molar-refractivity contribution in [2.24, 2.45) is 5.92 Å². The van der Waals surface area contributed by atoms with Gasteiger partial charge < -0.3 is 10.4 Å². The van der Waals surface area contributed by atoms with Crippen LogP contribution in [0, 0.1) is 5.92 Å². The van der Waals surface area contributed by atoms with Crippen LogP contribution in [0.2, 0.25) is 0 Å². The SMILES string of the molecule is O=C(O)CCCCCNC(=O)C[C@@H]1C[C@H]1c1ccccc1. The third-order valence-corrected chi connectivity index (χ3v) is 3.99. The van der Waals surface area contributed by atoms with Crippen molar-refractivity contribution in [1.29, 1.82) is 0 Å². The summed E-state index contributed by atoms with van der Waals surface area (Å²) in [6.45, 7) is 0.654. The monoisotopic (exact) mass is 289 g/mol. The van der Waals surface area contributed by atoms with Crippen molar-refractivity contribution in [3.63, 3.8) is 0 Å². The number of carbonyl (C=O) groups is 2. The van der Waals surface area contributed by atoms with Crippen LogP contribution in [0.5, 0.6) is 0 Å². The molecular weight excluding hydrogens is 266 g/mol. The highest BCUT2D eigenvalue weighted by molar-refractivity contribution is 5.76. The van der Waals surface area contributed by atoms with Crippen molar-refractivity contribution in [2.75, 3.05) is 6.54 Å². The number of carbonyl (C=O) groups excluding carboxylic acids is 1. The van der Waals surface area contributed by atoms with Gasteiger partial charge in [-0.15, -0.1) is 0 Å². The Labute approximate surface area is 125 Å². The number of carboxylic acids is 1. The number of hydrogen-bond acceptors (Lipinski definition) is 2. The smallest absolute Gasteiger partial charge is 0.303 e. The Morgan fingerprint density at radius 2 is 1.90 bits per heavy atom. The lowest BCUT2D eigenvalue weighted by Gasteiger charge is -2.05. The molecule has 1 amide bonds. The van der Waals surface area contributed by atoms with Crippen LogP contribution in [0.1, 0.15) is 50.0 Å². The van der Waals surface area contributed by atoms with Gasteiger partial charge in [0.1, 0.15) is 0 Å². The van der Waals surface area contributed by atoms with E-state index in [4.69, 9.17) is 5.11 Å². The van der Waals surface area contributed by atoms with Crippen LogP contribution in [0.15, 0.2) is 30.3 Å². The normalized spacial score (nSPS) is 20.0.